The first-order valence-corrected chi connectivity index (χ1v) is 10.5. The van der Waals surface area contributed by atoms with Crippen molar-refractivity contribution in [2.75, 3.05) is 0 Å². The van der Waals surface area contributed by atoms with Gasteiger partial charge in [-0.3, -0.25) is 0 Å². The van der Waals surface area contributed by atoms with Crippen LogP contribution in [0.4, 0.5) is 13.2 Å². The number of aryl methyl sites for hydroxylation is 2. The topological polar surface area (TPSA) is 0 Å². The summed E-state index contributed by atoms with van der Waals surface area (Å²) in [7, 11) is 0. The molecule has 0 amide bonds. The van der Waals surface area contributed by atoms with Crippen molar-refractivity contribution in [2.45, 2.75) is 64.7 Å². The Hall–Kier alpha value is -2.03. The Balaban J connectivity index is 1.62. The SMILES string of the molecule is CCCc1ccc(C2CCC(/C=C/c3ccc(CC)c(F)c3)CC2)c(F)c1F. The number of hydrogen-bond donors (Lipinski definition) is 0. The normalized spacial score (nSPS) is 20.0. The molecule has 28 heavy (non-hydrogen) atoms. The lowest BCUT2D eigenvalue weighted by Crippen LogP contribution is -2.14. The van der Waals surface area contributed by atoms with E-state index >= 15 is 0 Å². The molecule has 150 valence electrons. The van der Waals surface area contributed by atoms with E-state index < -0.39 is 11.6 Å². The van der Waals surface area contributed by atoms with Crippen LogP contribution in [0.3, 0.4) is 0 Å². The minimum Gasteiger partial charge on any atom is -0.207 e. The highest BCUT2D eigenvalue weighted by Crippen LogP contribution is 2.38. The zero-order valence-corrected chi connectivity index (χ0v) is 16.8. The Kier molecular flexibility index (Phi) is 6.98. The van der Waals surface area contributed by atoms with Gasteiger partial charge in [-0.2, -0.15) is 0 Å². The van der Waals surface area contributed by atoms with Crippen molar-refractivity contribution in [3.05, 3.63) is 76.1 Å². The number of hydrogen-bond acceptors (Lipinski definition) is 0. The molecule has 0 atom stereocenters. The summed E-state index contributed by atoms with van der Waals surface area (Å²) in [6, 6.07) is 8.89. The number of benzene rings is 2. The maximum Gasteiger partial charge on any atom is 0.162 e. The first-order chi connectivity index (χ1) is 13.5. The second-order valence-electron chi connectivity index (χ2n) is 7.87. The predicted molar refractivity (Wildman–Crippen MR) is 110 cm³/mol. The first-order valence-electron chi connectivity index (χ1n) is 10.5. The summed E-state index contributed by atoms with van der Waals surface area (Å²) in [5.41, 5.74) is 2.60. The van der Waals surface area contributed by atoms with E-state index in [1.54, 1.807) is 18.2 Å². The standard InChI is InChI=1S/C25H29F3/c1-3-5-21-14-15-22(25(28)24(21)27)20-12-8-17(9-13-20)6-7-18-10-11-19(4-2)23(26)16-18/h6-7,10-11,14-17,20H,3-5,8-9,12-13H2,1-2H3/b7-6+. The van der Waals surface area contributed by atoms with E-state index in [0.29, 0.717) is 29.9 Å². The molecule has 2 aromatic rings. The average Bonchev–Trinajstić information content (AvgIpc) is 2.71. The fraction of sp³-hybridized carbons (Fsp3) is 0.440. The smallest absolute Gasteiger partial charge is 0.162 e. The third kappa shape index (κ3) is 4.68. The van der Waals surface area contributed by atoms with E-state index in [1.807, 2.05) is 32.1 Å². The Labute approximate surface area is 166 Å². The van der Waals surface area contributed by atoms with E-state index in [0.717, 1.165) is 43.2 Å². The quantitative estimate of drug-likeness (QED) is 0.479. The molecule has 1 aliphatic rings. The van der Waals surface area contributed by atoms with Gasteiger partial charge in [0.25, 0.3) is 0 Å². The Morgan fingerprint density at radius 1 is 0.893 bits per heavy atom. The minimum absolute atomic E-state index is 0.0797. The van der Waals surface area contributed by atoms with Crippen LogP contribution in [0.5, 0.6) is 0 Å². The maximum atomic E-state index is 14.5. The molecule has 0 saturated heterocycles. The molecule has 0 N–H and O–H groups in total. The van der Waals surface area contributed by atoms with E-state index in [-0.39, 0.29) is 11.7 Å². The lowest BCUT2D eigenvalue weighted by atomic mass is 9.78. The zero-order chi connectivity index (χ0) is 20.1. The lowest BCUT2D eigenvalue weighted by Gasteiger charge is -2.27. The second-order valence-corrected chi connectivity index (χ2v) is 7.87. The van der Waals surface area contributed by atoms with E-state index in [9.17, 15) is 13.2 Å². The molecule has 3 rings (SSSR count). The lowest BCUT2D eigenvalue weighted by molar-refractivity contribution is 0.364. The summed E-state index contributed by atoms with van der Waals surface area (Å²) in [4.78, 5) is 0. The highest BCUT2D eigenvalue weighted by atomic mass is 19.2. The van der Waals surface area contributed by atoms with Crippen molar-refractivity contribution in [3.8, 4) is 0 Å². The largest absolute Gasteiger partial charge is 0.207 e. The molecule has 3 heteroatoms. The molecule has 1 fully saturated rings. The Bertz CT molecular complexity index is 830. The second kappa shape index (κ2) is 9.45. The molecular weight excluding hydrogens is 357 g/mol. The summed E-state index contributed by atoms with van der Waals surface area (Å²) in [6.45, 7) is 3.91. The van der Waals surface area contributed by atoms with E-state index in [2.05, 4.69) is 6.08 Å². The van der Waals surface area contributed by atoms with Crippen LogP contribution in [0.2, 0.25) is 0 Å². The van der Waals surface area contributed by atoms with Gasteiger partial charge in [0.1, 0.15) is 5.82 Å². The highest BCUT2D eigenvalue weighted by molar-refractivity contribution is 5.50. The predicted octanol–water partition coefficient (Wildman–Crippen LogP) is 7.61. The third-order valence-electron chi connectivity index (χ3n) is 5.94. The molecule has 0 nitrogen and oxygen atoms in total. The van der Waals surface area contributed by atoms with Crippen LogP contribution in [-0.4, -0.2) is 0 Å². The van der Waals surface area contributed by atoms with Crippen LogP contribution in [0.25, 0.3) is 6.08 Å². The van der Waals surface area contributed by atoms with Crippen LogP contribution >= 0.6 is 0 Å². The van der Waals surface area contributed by atoms with Gasteiger partial charge in [-0.25, -0.2) is 13.2 Å². The number of halogens is 3. The fourth-order valence-corrected chi connectivity index (χ4v) is 4.21. The molecule has 0 bridgehead atoms. The van der Waals surface area contributed by atoms with Crippen LogP contribution in [0.1, 0.15) is 74.1 Å². The maximum absolute atomic E-state index is 14.5. The molecule has 0 aliphatic heterocycles. The Morgan fingerprint density at radius 2 is 1.61 bits per heavy atom. The van der Waals surface area contributed by atoms with Gasteiger partial charge in [-0.15, -0.1) is 0 Å². The van der Waals surface area contributed by atoms with Gasteiger partial charge >= 0.3 is 0 Å². The van der Waals surface area contributed by atoms with Crippen LogP contribution in [-0.2, 0) is 12.8 Å². The van der Waals surface area contributed by atoms with Crippen molar-refractivity contribution < 1.29 is 13.2 Å². The molecule has 2 aromatic carbocycles. The van der Waals surface area contributed by atoms with Crippen LogP contribution < -0.4 is 0 Å². The van der Waals surface area contributed by atoms with Crippen LogP contribution in [0, 0.1) is 23.4 Å². The van der Waals surface area contributed by atoms with Gasteiger partial charge in [0.2, 0.25) is 0 Å². The molecule has 1 saturated carbocycles. The monoisotopic (exact) mass is 386 g/mol. The summed E-state index contributed by atoms with van der Waals surface area (Å²) < 4.78 is 42.7. The fourth-order valence-electron chi connectivity index (χ4n) is 4.21. The van der Waals surface area contributed by atoms with Crippen molar-refractivity contribution in [2.24, 2.45) is 5.92 Å². The third-order valence-corrected chi connectivity index (χ3v) is 5.94. The highest BCUT2D eigenvalue weighted by Gasteiger charge is 2.25. The molecule has 0 aromatic heterocycles. The summed E-state index contributed by atoms with van der Waals surface area (Å²) in [5.74, 6) is -0.999. The molecule has 0 heterocycles. The van der Waals surface area contributed by atoms with E-state index in [1.165, 1.54) is 0 Å². The summed E-state index contributed by atoms with van der Waals surface area (Å²) in [6.07, 6.45) is 9.76. The van der Waals surface area contributed by atoms with Gasteiger partial charge in [0.05, 0.1) is 0 Å². The minimum atomic E-state index is -0.668. The molecule has 1 aliphatic carbocycles. The average molecular weight is 387 g/mol. The number of rotatable bonds is 6. The van der Waals surface area contributed by atoms with Crippen molar-refractivity contribution >= 4 is 6.08 Å². The molecule has 0 radical (unpaired) electrons. The van der Waals surface area contributed by atoms with Crippen molar-refractivity contribution in [3.63, 3.8) is 0 Å². The van der Waals surface area contributed by atoms with Gasteiger partial charge in [-0.05, 0) is 78.7 Å². The summed E-state index contributed by atoms with van der Waals surface area (Å²) >= 11 is 0. The van der Waals surface area contributed by atoms with Crippen LogP contribution in [0.15, 0.2) is 36.4 Å². The summed E-state index contributed by atoms with van der Waals surface area (Å²) in [5, 5.41) is 0. The first kappa shape index (κ1) is 20.7. The Morgan fingerprint density at radius 3 is 2.25 bits per heavy atom. The van der Waals surface area contributed by atoms with Gasteiger partial charge in [0, 0.05) is 0 Å². The zero-order valence-electron chi connectivity index (χ0n) is 16.8. The van der Waals surface area contributed by atoms with E-state index in [4.69, 9.17) is 0 Å². The molecule has 0 spiro atoms. The molecular formula is C25H29F3. The van der Waals surface area contributed by atoms with Gasteiger partial charge in [0.15, 0.2) is 11.6 Å². The van der Waals surface area contributed by atoms with Crippen molar-refractivity contribution in [1.29, 1.82) is 0 Å². The number of allylic oxidation sites excluding steroid dienone is 1. The molecule has 0 unspecified atom stereocenters. The van der Waals surface area contributed by atoms with Gasteiger partial charge in [-0.1, -0.05) is 56.7 Å². The van der Waals surface area contributed by atoms with Gasteiger partial charge < -0.3 is 0 Å². The van der Waals surface area contributed by atoms with Crippen molar-refractivity contribution in [1.82, 2.24) is 0 Å².